The normalized spacial score (nSPS) is 12.4. The lowest BCUT2D eigenvalue weighted by atomic mass is 10.1. The van der Waals surface area contributed by atoms with E-state index in [4.69, 9.17) is 23.2 Å². The SMILES string of the molecule is CC(NCc1ccc(F)cc1Cl)c1ccccc1Cl. The fourth-order valence-electron chi connectivity index (χ4n) is 1.86. The third kappa shape index (κ3) is 3.69. The first-order valence-electron chi connectivity index (χ1n) is 5.99. The number of hydrogen-bond donors (Lipinski definition) is 1. The Morgan fingerprint density at radius 2 is 1.84 bits per heavy atom. The van der Waals surface area contributed by atoms with Gasteiger partial charge in [-0.3, -0.25) is 0 Å². The van der Waals surface area contributed by atoms with Crippen LogP contribution in [0, 0.1) is 5.82 Å². The molecule has 0 saturated heterocycles. The zero-order valence-corrected chi connectivity index (χ0v) is 12.0. The van der Waals surface area contributed by atoms with E-state index < -0.39 is 0 Å². The molecule has 1 atom stereocenters. The molecule has 0 aromatic heterocycles. The molecule has 2 aromatic rings. The fraction of sp³-hybridized carbons (Fsp3) is 0.200. The van der Waals surface area contributed by atoms with Crippen molar-refractivity contribution in [3.8, 4) is 0 Å². The van der Waals surface area contributed by atoms with Crippen molar-refractivity contribution in [3.63, 3.8) is 0 Å². The van der Waals surface area contributed by atoms with Crippen LogP contribution in [0.5, 0.6) is 0 Å². The molecule has 0 saturated carbocycles. The van der Waals surface area contributed by atoms with Crippen molar-refractivity contribution in [3.05, 3.63) is 69.5 Å². The molecule has 0 spiro atoms. The third-order valence-electron chi connectivity index (χ3n) is 2.99. The molecule has 0 bridgehead atoms. The molecule has 1 nitrogen and oxygen atoms in total. The lowest BCUT2D eigenvalue weighted by molar-refractivity contribution is 0.573. The summed E-state index contributed by atoms with van der Waals surface area (Å²) >= 11 is 12.1. The summed E-state index contributed by atoms with van der Waals surface area (Å²) in [7, 11) is 0. The second-order valence-corrected chi connectivity index (χ2v) is 5.17. The number of benzene rings is 2. The average Bonchev–Trinajstić information content (AvgIpc) is 2.38. The molecular weight excluding hydrogens is 284 g/mol. The Kier molecular flexibility index (Phi) is 4.81. The van der Waals surface area contributed by atoms with Crippen LogP contribution in [0.3, 0.4) is 0 Å². The van der Waals surface area contributed by atoms with Crippen molar-refractivity contribution in [1.29, 1.82) is 0 Å². The van der Waals surface area contributed by atoms with Crippen molar-refractivity contribution in [1.82, 2.24) is 5.32 Å². The minimum absolute atomic E-state index is 0.0924. The molecule has 100 valence electrons. The predicted octanol–water partition coefficient (Wildman–Crippen LogP) is 4.98. The Morgan fingerprint density at radius 3 is 2.53 bits per heavy atom. The Hall–Kier alpha value is -1.09. The van der Waals surface area contributed by atoms with Gasteiger partial charge in [0.05, 0.1) is 0 Å². The molecule has 0 amide bonds. The highest BCUT2D eigenvalue weighted by molar-refractivity contribution is 6.31. The van der Waals surface area contributed by atoms with Gasteiger partial charge in [-0.2, -0.15) is 0 Å². The second kappa shape index (κ2) is 6.38. The molecule has 2 rings (SSSR count). The standard InChI is InChI=1S/C15H14Cl2FN/c1-10(13-4-2-3-5-14(13)16)19-9-11-6-7-12(18)8-15(11)17/h2-8,10,19H,9H2,1H3. The van der Waals surface area contributed by atoms with Crippen molar-refractivity contribution in [2.75, 3.05) is 0 Å². The summed E-state index contributed by atoms with van der Waals surface area (Å²) in [5.74, 6) is -0.326. The van der Waals surface area contributed by atoms with Gasteiger partial charge in [-0.1, -0.05) is 47.5 Å². The monoisotopic (exact) mass is 297 g/mol. The van der Waals surface area contributed by atoms with E-state index >= 15 is 0 Å². The second-order valence-electron chi connectivity index (χ2n) is 4.36. The van der Waals surface area contributed by atoms with E-state index in [0.29, 0.717) is 11.6 Å². The predicted molar refractivity (Wildman–Crippen MR) is 78.1 cm³/mol. The first kappa shape index (κ1) is 14.3. The molecule has 1 N–H and O–H groups in total. The quantitative estimate of drug-likeness (QED) is 0.839. The van der Waals surface area contributed by atoms with Crippen LogP contribution in [-0.4, -0.2) is 0 Å². The van der Waals surface area contributed by atoms with Crippen LogP contribution in [0.15, 0.2) is 42.5 Å². The van der Waals surface area contributed by atoms with Crippen LogP contribution < -0.4 is 5.32 Å². The molecule has 1 unspecified atom stereocenters. The summed E-state index contributed by atoms with van der Waals surface area (Å²) in [6, 6.07) is 12.2. The minimum atomic E-state index is -0.326. The molecule has 0 aliphatic rings. The lowest BCUT2D eigenvalue weighted by Gasteiger charge is -2.16. The van der Waals surface area contributed by atoms with Gasteiger partial charge >= 0.3 is 0 Å². The Bertz CT molecular complexity index is 572. The van der Waals surface area contributed by atoms with Crippen LogP contribution in [0.1, 0.15) is 24.1 Å². The van der Waals surface area contributed by atoms with Crippen LogP contribution >= 0.6 is 23.2 Å². The zero-order chi connectivity index (χ0) is 13.8. The van der Waals surface area contributed by atoms with Gasteiger partial charge in [0, 0.05) is 22.6 Å². The number of hydrogen-bond acceptors (Lipinski definition) is 1. The molecule has 0 heterocycles. The smallest absolute Gasteiger partial charge is 0.124 e. The fourth-order valence-corrected chi connectivity index (χ4v) is 2.40. The molecule has 0 aliphatic heterocycles. The van der Waals surface area contributed by atoms with Gasteiger partial charge in [-0.05, 0) is 36.2 Å². The van der Waals surface area contributed by atoms with Crippen molar-refractivity contribution in [2.45, 2.75) is 19.5 Å². The van der Waals surface area contributed by atoms with E-state index in [9.17, 15) is 4.39 Å². The van der Waals surface area contributed by atoms with Gasteiger partial charge in [-0.25, -0.2) is 4.39 Å². The Balaban J connectivity index is 2.04. The zero-order valence-electron chi connectivity index (χ0n) is 10.5. The van der Waals surface area contributed by atoms with E-state index in [1.54, 1.807) is 6.07 Å². The molecule has 0 radical (unpaired) electrons. The summed E-state index contributed by atoms with van der Waals surface area (Å²) in [5, 5.41) is 4.48. The van der Waals surface area contributed by atoms with E-state index in [2.05, 4.69) is 5.32 Å². The van der Waals surface area contributed by atoms with Gasteiger partial charge in [0.15, 0.2) is 0 Å². The summed E-state index contributed by atoms with van der Waals surface area (Å²) in [5.41, 5.74) is 1.89. The minimum Gasteiger partial charge on any atom is -0.306 e. The molecule has 0 aliphatic carbocycles. The summed E-state index contributed by atoms with van der Waals surface area (Å²) in [4.78, 5) is 0. The van der Waals surface area contributed by atoms with Gasteiger partial charge in [0.25, 0.3) is 0 Å². The molecule has 19 heavy (non-hydrogen) atoms. The first-order valence-corrected chi connectivity index (χ1v) is 6.75. The molecule has 4 heteroatoms. The van der Waals surface area contributed by atoms with Gasteiger partial charge < -0.3 is 5.32 Å². The van der Waals surface area contributed by atoms with Crippen LogP contribution in [-0.2, 0) is 6.54 Å². The molecule has 2 aromatic carbocycles. The van der Waals surface area contributed by atoms with E-state index in [0.717, 1.165) is 16.1 Å². The number of nitrogens with one attached hydrogen (secondary N) is 1. The maximum absolute atomic E-state index is 12.9. The van der Waals surface area contributed by atoms with Crippen molar-refractivity contribution < 1.29 is 4.39 Å². The van der Waals surface area contributed by atoms with Crippen LogP contribution in [0.4, 0.5) is 4.39 Å². The Labute approximate surface area is 122 Å². The summed E-state index contributed by atoms with van der Waals surface area (Å²) < 4.78 is 12.9. The number of rotatable bonds is 4. The highest BCUT2D eigenvalue weighted by Gasteiger charge is 2.09. The van der Waals surface area contributed by atoms with Gasteiger partial charge in [0.2, 0.25) is 0 Å². The number of halogens is 3. The van der Waals surface area contributed by atoms with Gasteiger partial charge in [0.1, 0.15) is 5.82 Å². The third-order valence-corrected chi connectivity index (χ3v) is 3.68. The van der Waals surface area contributed by atoms with Crippen molar-refractivity contribution in [2.24, 2.45) is 0 Å². The van der Waals surface area contributed by atoms with Crippen LogP contribution in [0.25, 0.3) is 0 Å². The average molecular weight is 298 g/mol. The lowest BCUT2D eigenvalue weighted by Crippen LogP contribution is -2.18. The Morgan fingerprint density at radius 1 is 1.11 bits per heavy atom. The van der Waals surface area contributed by atoms with E-state index in [-0.39, 0.29) is 11.9 Å². The maximum Gasteiger partial charge on any atom is 0.124 e. The van der Waals surface area contributed by atoms with E-state index in [1.165, 1.54) is 12.1 Å². The molecule has 0 fully saturated rings. The van der Waals surface area contributed by atoms with E-state index in [1.807, 2.05) is 31.2 Å². The van der Waals surface area contributed by atoms with Crippen molar-refractivity contribution >= 4 is 23.2 Å². The first-order chi connectivity index (χ1) is 9.08. The van der Waals surface area contributed by atoms with Gasteiger partial charge in [-0.15, -0.1) is 0 Å². The largest absolute Gasteiger partial charge is 0.306 e. The maximum atomic E-state index is 12.9. The topological polar surface area (TPSA) is 12.0 Å². The summed E-state index contributed by atoms with van der Waals surface area (Å²) in [6.45, 7) is 2.59. The summed E-state index contributed by atoms with van der Waals surface area (Å²) in [6.07, 6.45) is 0. The highest BCUT2D eigenvalue weighted by Crippen LogP contribution is 2.23. The van der Waals surface area contributed by atoms with Crippen LogP contribution in [0.2, 0.25) is 10.0 Å². The highest BCUT2D eigenvalue weighted by atomic mass is 35.5. The molecular formula is C15H14Cl2FN.